The molecule has 0 aromatic carbocycles. The van der Waals surface area contributed by atoms with Crippen LogP contribution >= 0.6 is 0 Å². The molecule has 1 amide bonds. The van der Waals surface area contributed by atoms with Crippen LogP contribution in [0.4, 0.5) is 0 Å². The van der Waals surface area contributed by atoms with Crippen molar-refractivity contribution in [2.75, 3.05) is 19.7 Å². The van der Waals surface area contributed by atoms with Crippen molar-refractivity contribution >= 4 is 11.9 Å². The van der Waals surface area contributed by atoms with Crippen molar-refractivity contribution in [3.63, 3.8) is 0 Å². The van der Waals surface area contributed by atoms with Crippen LogP contribution in [0.1, 0.15) is 57.8 Å². The van der Waals surface area contributed by atoms with Crippen molar-refractivity contribution in [1.82, 2.24) is 4.90 Å². The summed E-state index contributed by atoms with van der Waals surface area (Å²) in [6.07, 6.45) is 8.93. The summed E-state index contributed by atoms with van der Waals surface area (Å²) in [5.74, 6) is -0.462. The molecule has 0 aromatic heterocycles. The smallest absolute Gasteiger partial charge is 0.303 e. The van der Waals surface area contributed by atoms with Gasteiger partial charge in [-0.3, -0.25) is 9.59 Å². The number of hydrogen-bond acceptors (Lipinski definition) is 3. The van der Waals surface area contributed by atoms with E-state index in [4.69, 9.17) is 9.84 Å². The normalized spacial score (nSPS) is 24.6. The van der Waals surface area contributed by atoms with E-state index >= 15 is 0 Å². The molecular formula is C16H27NO4. The molecule has 120 valence electrons. The average molecular weight is 297 g/mol. The van der Waals surface area contributed by atoms with Crippen LogP contribution in [-0.4, -0.2) is 47.7 Å². The molecule has 0 spiro atoms. The summed E-state index contributed by atoms with van der Waals surface area (Å²) in [5.41, 5.74) is 0. The number of carboxylic acid groups (broad SMARTS) is 1. The molecule has 1 aliphatic heterocycles. The molecule has 0 unspecified atom stereocenters. The third-order valence-electron chi connectivity index (χ3n) is 4.66. The van der Waals surface area contributed by atoms with Gasteiger partial charge in [0.15, 0.2) is 0 Å². The molecule has 0 radical (unpaired) electrons. The van der Waals surface area contributed by atoms with E-state index in [1.54, 1.807) is 0 Å². The highest BCUT2D eigenvalue weighted by atomic mass is 16.5. The molecule has 2 rings (SSSR count). The molecule has 1 heterocycles. The molecule has 0 aromatic rings. The Labute approximate surface area is 126 Å². The van der Waals surface area contributed by atoms with E-state index in [1.807, 2.05) is 4.90 Å². The number of ether oxygens (including phenoxy) is 1. The van der Waals surface area contributed by atoms with Crippen molar-refractivity contribution in [3.05, 3.63) is 0 Å². The summed E-state index contributed by atoms with van der Waals surface area (Å²) in [7, 11) is 0. The number of nitrogens with zero attached hydrogens (tertiary/aromatic N) is 1. The van der Waals surface area contributed by atoms with Gasteiger partial charge >= 0.3 is 5.97 Å². The predicted molar refractivity (Wildman–Crippen MR) is 79.0 cm³/mol. The van der Waals surface area contributed by atoms with E-state index in [0.717, 1.165) is 38.6 Å². The zero-order valence-electron chi connectivity index (χ0n) is 12.8. The minimum atomic E-state index is -0.736. The monoisotopic (exact) mass is 297 g/mol. The molecule has 1 atom stereocenters. The molecular weight excluding hydrogens is 270 g/mol. The fourth-order valence-electron chi connectivity index (χ4n) is 3.38. The zero-order valence-corrected chi connectivity index (χ0v) is 12.8. The molecule has 21 heavy (non-hydrogen) atoms. The molecule has 2 fully saturated rings. The Balaban J connectivity index is 1.70. The van der Waals surface area contributed by atoms with Crippen LogP contribution in [0, 0.1) is 5.92 Å². The van der Waals surface area contributed by atoms with Crippen LogP contribution in [0.15, 0.2) is 0 Å². The standard InChI is InChI=1S/C16H27NO4/c18-15(12-21-14-6-2-1-3-7-14)17-9-4-5-13(8-10-17)11-16(19)20/h13-14H,1-12H2,(H,19,20)/t13-/m0/s1. The maximum Gasteiger partial charge on any atom is 0.303 e. The third kappa shape index (κ3) is 5.65. The van der Waals surface area contributed by atoms with Gasteiger partial charge in [-0.1, -0.05) is 19.3 Å². The number of carbonyl (C=O) groups excluding carboxylic acids is 1. The van der Waals surface area contributed by atoms with Gasteiger partial charge < -0.3 is 14.7 Å². The largest absolute Gasteiger partial charge is 0.481 e. The summed E-state index contributed by atoms with van der Waals surface area (Å²) in [6, 6.07) is 0. The predicted octanol–water partition coefficient (Wildman–Crippen LogP) is 2.44. The van der Waals surface area contributed by atoms with E-state index in [-0.39, 0.29) is 31.0 Å². The van der Waals surface area contributed by atoms with Gasteiger partial charge in [0.25, 0.3) is 0 Å². The number of hydrogen-bond donors (Lipinski definition) is 1. The Kier molecular flexibility index (Phi) is 6.49. The van der Waals surface area contributed by atoms with E-state index < -0.39 is 5.97 Å². The van der Waals surface area contributed by atoms with Gasteiger partial charge in [0, 0.05) is 19.5 Å². The average Bonchev–Trinajstić information content (AvgIpc) is 2.71. The number of rotatable bonds is 5. The van der Waals surface area contributed by atoms with Crippen LogP contribution in [-0.2, 0) is 14.3 Å². The highest BCUT2D eigenvalue weighted by molar-refractivity contribution is 5.77. The van der Waals surface area contributed by atoms with Crippen molar-refractivity contribution in [3.8, 4) is 0 Å². The maximum absolute atomic E-state index is 12.2. The van der Waals surface area contributed by atoms with Crippen LogP contribution in [0.2, 0.25) is 0 Å². The minimum Gasteiger partial charge on any atom is -0.481 e. The number of aliphatic carboxylic acids is 1. The summed E-state index contributed by atoms with van der Waals surface area (Å²) in [5, 5.41) is 8.86. The van der Waals surface area contributed by atoms with E-state index in [9.17, 15) is 9.59 Å². The minimum absolute atomic E-state index is 0.0662. The molecule has 1 N–H and O–H groups in total. The van der Waals surface area contributed by atoms with Gasteiger partial charge in [0.1, 0.15) is 6.61 Å². The Morgan fingerprint density at radius 2 is 1.76 bits per heavy atom. The highest BCUT2D eigenvalue weighted by Gasteiger charge is 2.23. The van der Waals surface area contributed by atoms with Crippen LogP contribution in [0.25, 0.3) is 0 Å². The van der Waals surface area contributed by atoms with Crippen molar-refractivity contribution in [2.45, 2.75) is 63.9 Å². The summed E-state index contributed by atoms with van der Waals surface area (Å²) < 4.78 is 5.74. The number of carbonyl (C=O) groups is 2. The van der Waals surface area contributed by atoms with E-state index in [0.29, 0.717) is 6.54 Å². The van der Waals surface area contributed by atoms with Gasteiger partial charge in [0.2, 0.25) is 5.91 Å². The summed E-state index contributed by atoms with van der Waals surface area (Å²) in [6.45, 7) is 1.60. The van der Waals surface area contributed by atoms with Crippen LogP contribution in [0.3, 0.4) is 0 Å². The Morgan fingerprint density at radius 1 is 1.00 bits per heavy atom. The molecule has 2 aliphatic rings. The number of amides is 1. The summed E-state index contributed by atoms with van der Waals surface area (Å²) >= 11 is 0. The van der Waals surface area contributed by atoms with Gasteiger partial charge in [-0.05, 0) is 38.0 Å². The maximum atomic E-state index is 12.2. The molecule has 0 bridgehead atoms. The van der Waals surface area contributed by atoms with Crippen LogP contribution in [0.5, 0.6) is 0 Å². The van der Waals surface area contributed by atoms with Crippen LogP contribution < -0.4 is 0 Å². The quantitative estimate of drug-likeness (QED) is 0.846. The second-order valence-electron chi connectivity index (χ2n) is 6.35. The lowest BCUT2D eigenvalue weighted by molar-refractivity contribution is -0.138. The second kappa shape index (κ2) is 8.37. The third-order valence-corrected chi connectivity index (χ3v) is 4.66. The number of likely N-dealkylation sites (tertiary alicyclic amines) is 1. The SMILES string of the molecule is O=C(O)C[C@H]1CCCN(C(=O)COC2CCCCC2)CC1. The molecule has 5 nitrogen and oxygen atoms in total. The lowest BCUT2D eigenvalue weighted by Gasteiger charge is -2.25. The van der Waals surface area contributed by atoms with Crippen molar-refractivity contribution in [2.24, 2.45) is 5.92 Å². The van der Waals surface area contributed by atoms with Crippen molar-refractivity contribution < 1.29 is 19.4 Å². The zero-order chi connectivity index (χ0) is 15.1. The first-order valence-electron chi connectivity index (χ1n) is 8.26. The topological polar surface area (TPSA) is 66.8 Å². The van der Waals surface area contributed by atoms with E-state index in [2.05, 4.69) is 0 Å². The van der Waals surface area contributed by atoms with E-state index in [1.165, 1.54) is 19.3 Å². The number of carboxylic acids is 1. The first-order valence-corrected chi connectivity index (χ1v) is 8.26. The second-order valence-corrected chi connectivity index (χ2v) is 6.35. The first-order chi connectivity index (χ1) is 10.1. The summed E-state index contributed by atoms with van der Waals surface area (Å²) in [4.78, 5) is 24.8. The van der Waals surface area contributed by atoms with Gasteiger partial charge in [0.05, 0.1) is 6.10 Å². The Bertz CT molecular complexity index is 352. The molecule has 1 saturated heterocycles. The molecule has 1 aliphatic carbocycles. The highest BCUT2D eigenvalue weighted by Crippen LogP contribution is 2.22. The first kappa shape index (κ1) is 16.3. The van der Waals surface area contributed by atoms with Gasteiger partial charge in [-0.2, -0.15) is 0 Å². The van der Waals surface area contributed by atoms with Gasteiger partial charge in [-0.15, -0.1) is 0 Å². The fraction of sp³-hybridized carbons (Fsp3) is 0.875. The lowest BCUT2D eigenvalue weighted by atomic mass is 9.97. The van der Waals surface area contributed by atoms with Crippen molar-refractivity contribution in [1.29, 1.82) is 0 Å². The lowest BCUT2D eigenvalue weighted by Crippen LogP contribution is -2.36. The molecule has 1 saturated carbocycles. The molecule has 5 heteroatoms. The van der Waals surface area contributed by atoms with Gasteiger partial charge in [-0.25, -0.2) is 0 Å². The Morgan fingerprint density at radius 3 is 2.48 bits per heavy atom. The fourth-order valence-corrected chi connectivity index (χ4v) is 3.38. The Hall–Kier alpha value is -1.10.